The van der Waals surface area contributed by atoms with E-state index >= 15 is 0 Å². The van der Waals surface area contributed by atoms with Crippen molar-refractivity contribution in [2.24, 2.45) is 11.8 Å². The highest BCUT2D eigenvalue weighted by molar-refractivity contribution is 5.49. The Balaban J connectivity index is 3.45. The maximum absolute atomic E-state index is 10.1. The molecule has 0 saturated carbocycles. The lowest BCUT2D eigenvalue weighted by Crippen LogP contribution is -2.07. The van der Waals surface area contributed by atoms with Gasteiger partial charge in [-0.3, -0.25) is 0 Å². The smallest absolute Gasteiger partial charge is 0.120 e. The van der Waals surface area contributed by atoms with Gasteiger partial charge in [-0.25, -0.2) is 0 Å². The topological polar surface area (TPSA) is 17.1 Å². The van der Waals surface area contributed by atoms with E-state index in [0.29, 0.717) is 5.92 Å². The van der Waals surface area contributed by atoms with Crippen molar-refractivity contribution in [1.29, 1.82) is 0 Å². The van der Waals surface area contributed by atoms with Gasteiger partial charge in [0.05, 0.1) is 0 Å². The van der Waals surface area contributed by atoms with Crippen LogP contribution in [0.2, 0.25) is 0 Å². The van der Waals surface area contributed by atoms with Crippen LogP contribution < -0.4 is 0 Å². The van der Waals surface area contributed by atoms with E-state index in [1.54, 1.807) is 0 Å². The molecule has 0 aliphatic heterocycles. The predicted molar refractivity (Wildman–Crippen MR) is 53.2 cm³/mol. The van der Waals surface area contributed by atoms with Gasteiger partial charge in [0.15, 0.2) is 0 Å². The molecular formula is C11H22O. The zero-order valence-corrected chi connectivity index (χ0v) is 8.68. The quantitative estimate of drug-likeness (QED) is 0.535. The number of rotatable bonds is 7. The summed E-state index contributed by atoms with van der Waals surface area (Å²) in [7, 11) is 0. The van der Waals surface area contributed by atoms with Gasteiger partial charge in [-0.15, -0.1) is 0 Å². The number of aldehydes is 1. The SMILES string of the molecule is CCCCC(C)C(C)CCC=O. The summed E-state index contributed by atoms with van der Waals surface area (Å²) in [5, 5.41) is 0. The van der Waals surface area contributed by atoms with E-state index < -0.39 is 0 Å². The van der Waals surface area contributed by atoms with Gasteiger partial charge in [0.25, 0.3) is 0 Å². The van der Waals surface area contributed by atoms with Gasteiger partial charge in [-0.05, 0) is 18.3 Å². The molecule has 0 N–H and O–H groups in total. The molecule has 0 bridgehead atoms. The maximum atomic E-state index is 10.1. The summed E-state index contributed by atoms with van der Waals surface area (Å²) in [5.74, 6) is 1.49. The van der Waals surface area contributed by atoms with E-state index in [1.165, 1.54) is 19.3 Å². The first-order valence-corrected chi connectivity index (χ1v) is 5.16. The molecule has 2 atom stereocenters. The Morgan fingerprint density at radius 1 is 1.17 bits per heavy atom. The van der Waals surface area contributed by atoms with Gasteiger partial charge >= 0.3 is 0 Å². The van der Waals surface area contributed by atoms with Crippen LogP contribution in [0.4, 0.5) is 0 Å². The number of carbonyl (C=O) groups excluding carboxylic acids is 1. The molecule has 0 aliphatic rings. The zero-order valence-electron chi connectivity index (χ0n) is 8.68. The molecule has 0 fully saturated rings. The van der Waals surface area contributed by atoms with E-state index in [9.17, 15) is 4.79 Å². The molecule has 0 saturated heterocycles. The lowest BCUT2D eigenvalue weighted by Gasteiger charge is -2.18. The highest BCUT2D eigenvalue weighted by atomic mass is 16.1. The van der Waals surface area contributed by atoms with E-state index in [4.69, 9.17) is 0 Å². The van der Waals surface area contributed by atoms with Crippen molar-refractivity contribution in [2.75, 3.05) is 0 Å². The van der Waals surface area contributed by atoms with E-state index in [0.717, 1.165) is 25.0 Å². The molecule has 0 radical (unpaired) electrons. The van der Waals surface area contributed by atoms with Gasteiger partial charge in [0.2, 0.25) is 0 Å². The lowest BCUT2D eigenvalue weighted by molar-refractivity contribution is -0.108. The molecule has 72 valence electrons. The van der Waals surface area contributed by atoms with Gasteiger partial charge in [0, 0.05) is 6.42 Å². The predicted octanol–water partition coefficient (Wildman–Crippen LogP) is 3.43. The van der Waals surface area contributed by atoms with Crippen molar-refractivity contribution in [3.63, 3.8) is 0 Å². The average Bonchev–Trinajstić information content (AvgIpc) is 2.10. The van der Waals surface area contributed by atoms with Crippen LogP contribution in [0.1, 0.15) is 52.9 Å². The van der Waals surface area contributed by atoms with Crippen LogP contribution in [-0.2, 0) is 4.79 Å². The van der Waals surface area contributed by atoms with Gasteiger partial charge in [0.1, 0.15) is 6.29 Å². The third-order valence-electron chi connectivity index (χ3n) is 2.72. The summed E-state index contributed by atoms with van der Waals surface area (Å²) < 4.78 is 0. The fraction of sp³-hybridized carbons (Fsp3) is 0.909. The van der Waals surface area contributed by atoms with E-state index in [2.05, 4.69) is 20.8 Å². The fourth-order valence-corrected chi connectivity index (χ4v) is 1.43. The second-order valence-corrected chi connectivity index (χ2v) is 3.84. The van der Waals surface area contributed by atoms with Crippen molar-refractivity contribution in [1.82, 2.24) is 0 Å². The summed E-state index contributed by atoms with van der Waals surface area (Å²) in [6, 6.07) is 0. The van der Waals surface area contributed by atoms with Crippen molar-refractivity contribution in [3.8, 4) is 0 Å². The molecule has 0 rings (SSSR count). The molecule has 1 nitrogen and oxygen atoms in total. The van der Waals surface area contributed by atoms with Gasteiger partial charge < -0.3 is 4.79 Å². The van der Waals surface area contributed by atoms with Crippen molar-refractivity contribution < 1.29 is 4.79 Å². The van der Waals surface area contributed by atoms with Crippen LogP contribution in [0.3, 0.4) is 0 Å². The normalized spacial score (nSPS) is 15.6. The minimum Gasteiger partial charge on any atom is -0.303 e. The van der Waals surface area contributed by atoms with Crippen molar-refractivity contribution >= 4 is 6.29 Å². The third kappa shape index (κ3) is 5.34. The molecule has 2 unspecified atom stereocenters. The van der Waals surface area contributed by atoms with Crippen LogP contribution in [0.5, 0.6) is 0 Å². The van der Waals surface area contributed by atoms with Gasteiger partial charge in [-0.1, -0.05) is 40.0 Å². The molecule has 0 aromatic rings. The van der Waals surface area contributed by atoms with Crippen molar-refractivity contribution in [2.45, 2.75) is 52.9 Å². The standard InChI is InChI=1S/C11H22O/c1-4-5-7-10(2)11(3)8-6-9-12/h9-11H,4-8H2,1-3H3. The van der Waals surface area contributed by atoms with Crippen LogP contribution >= 0.6 is 0 Å². The molecule has 0 aromatic heterocycles. The first-order valence-electron chi connectivity index (χ1n) is 5.16. The summed E-state index contributed by atoms with van der Waals surface area (Å²) in [4.78, 5) is 10.1. The fourth-order valence-electron chi connectivity index (χ4n) is 1.43. The maximum Gasteiger partial charge on any atom is 0.120 e. The second kappa shape index (κ2) is 7.33. The Kier molecular flexibility index (Phi) is 7.12. The summed E-state index contributed by atoms with van der Waals surface area (Å²) in [6.45, 7) is 6.78. The Labute approximate surface area is 76.6 Å². The summed E-state index contributed by atoms with van der Waals surface area (Å²) in [6.07, 6.45) is 6.75. The first-order chi connectivity index (χ1) is 5.72. The molecule has 0 aromatic carbocycles. The van der Waals surface area contributed by atoms with Crippen LogP contribution in [0.15, 0.2) is 0 Å². The molecule has 12 heavy (non-hydrogen) atoms. The minimum atomic E-state index is 0.710. The number of hydrogen-bond donors (Lipinski definition) is 0. The Morgan fingerprint density at radius 3 is 2.25 bits per heavy atom. The van der Waals surface area contributed by atoms with E-state index in [1.807, 2.05) is 0 Å². The molecule has 1 heteroatoms. The number of carbonyl (C=O) groups is 1. The molecule has 0 amide bonds. The van der Waals surface area contributed by atoms with Gasteiger partial charge in [-0.2, -0.15) is 0 Å². The highest BCUT2D eigenvalue weighted by Gasteiger charge is 2.10. The molecular weight excluding hydrogens is 148 g/mol. The molecule has 0 heterocycles. The Bertz CT molecular complexity index is 110. The van der Waals surface area contributed by atoms with Crippen LogP contribution in [0.25, 0.3) is 0 Å². The summed E-state index contributed by atoms with van der Waals surface area (Å²) in [5.41, 5.74) is 0. The zero-order chi connectivity index (χ0) is 9.40. The minimum absolute atomic E-state index is 0.710. The van der Waals surface area contributed by atoms with Crippen molar-refractivity contribution in [3.05, 3.63) is 0 Å². The highest BCUT2D eigenvalue weighted by Crippen LogP contribution is 2.21. The monoisotopic (exact) mass is 170 g/mol. The number of hydrogen-bond acceptors (Lipinski definition) is 1. The lowest BCUT2D eigenvalue weighted by atomic mass is 9.88. The Hall–Kier alpha value is -0.330. The van der Waals surface area contributed by atoms with E-state index in [-0.39, 0.29) is 0 Å². The van der Waals surface area contributed by atoms with Crippen LogP contribution in [-0.4, -0.2) is 6.29 Å². The molecule has 0 aliphatic carbocycles. The third-order valence-corrected chi connectivity index (χ3v) is 2.72. The first kappa shape index (κ1) is 11.7. The molecule has 0 spiro atoms. The largest absolute Gasteiger partial charge is 0.303 e. The number of unbranched alkanes of at least 4 members (excludes halogenated alkanes) is 1. The Morgan fingerprint density at radius 2 is 1.75 bits per heavy atom. The summed E-state index contributed by atoms with van der Waals surface area (Å²) >= 11 is 0. The van der Waals surface area contributed by atoms with Crippen LogP contribution in [0, 0.1) is 11.8 Å². The average molecular weight is 170 g/mol. The second-order valence-electron chi connectivity index (χ2n) is 3.84.